The highest BCUT2D eigenvalue weighted by Gasteiger charge is 2.33. The van der Waals surface area contributed by atoms with Crippen molar-refractivity contribution < 1.29 is 30.3 Å². The molecular weight excluding hydrogens is 264 g/mol. The largest absolute Gasteiger partial charge is 0.504 e. The van der Waals surface area contributed by atoms with Gasteiger partial charge in [-0.05, 0) is 37.1 Å². The van der Waals surface area contributed by atoms with Gasteiger partial charge in [-0.2, -0.15) is 0 Å². The molecule has 6 heteroatoms. The normalized spacial score (nSPS) is 18.3. The molecule has 0 spiro atoms. The first-order valence-electron chi connectivity index (χ1n) is 5.84. The van der Waals surface area contributed by atoms with Crippen LogP contribution in [-0.2, 0) is 4.79 Å². The van der Waals surface area contributed by atoms with Gasteiger partial charge in [0, 0.05) is 0 Å². The lowest BCUT2D eigenvalue weighted by Crippen LogP contribution is -2.15. The number of allylic oxidation sites excluding steroid dienone is 1. The number of aromatic hydroxyl groups is 2. The maximum atomic E-state index is 11.5. The van der Waals surface area contributed by atoms with E-state index in [0.717, 1.165) is 6.08 Å². The maximum Gasteiger partial charge on any atom is 0.315 e. The molecule has 0 bridgehead atoms. The molecule has 0 heterocycles. The smallest absolute Gasteiger partial charge is 0.315 e. The van der Waals surface area contributed by atoms with E-state index >= 15 is 0 Å². The Bertz CT molecular complexity index is 669. The number of aliphatic hydroxyl groups excluding tert-OH is 2. The van der Waals surface area contributed by atoms with E-state index in [2.05, 4.69) is 0 Å². The molecule has 1 atom stereocenters. The number of phenols is 2. The van der Waals surface area contributed by atoms with Crippen molar-refractivity contribution in [3.05, 3.63) is 40.2 Å². The number of benzene rings is 1. The van der Waals surface area contributed by atoms with Gasteiger partial charge in [-0.1, -0.05) is 5.57 Å². The number of hydrogen-bond acceptors (Lipinski definition) is 5. The molecule has 1 aliphatic carbocycles. The molecule has 2 rings (SSSR count). The first-order valence-corrected chi connectivity index (χ1v) is 5.84. The van der Waals surface area contributed by atoms with Crippen LogP contribution >= 0.6 is 0 Å². The minimum atomic E-state index is -1.18. The van der Waals surface area contributed by atoms with E-state index < -0.39 is 34.9 Å². The quantitative estimate of drug-likeness (QED) is 0.503. The number of carbonyl (C=O) groups is 1. The van der Waals surface area contributed by atoms with Gasteiger partial charge in [-0.15, -0.1) is 0 Å². The standard InChI is InChI=1S/C14H14O6/c1-5-3-7(15)12(17)11-9(5)10(14(19)20)6(2)4-8(16)13(11)18/h3-4,10,15-18H,1-2H3,(H,19,20). The van der Waals surface area contributed by atoms with Crippen LogP contribution in [0.4, 0.5) is 0 Å². The van der Waals surface area contributed by atoms with Crippen molar-refractivity contribution in [2.45, 2.75) is 19.8 Å². The number of carboxylic acid groups (broad SMARTS) is 1. The molecule has 106 valence electrons. The molecule has 0 fully saturated rings. The lowest BCUT2D eigenvalue weighted by molar-refractivity contribution is -0.137. The minimum Gasteiger partial charge on any atom is -0.504 e. The van der Waals surface area contributed by atoms with Crippen LogP contribution in [0.5, 0.6) is 11.5 Å². The van der Waals surface area contributed by atoms with E-state index in [1.807, 2.05) is 0 Å². The molecule has 1 unspecified atom stereocenters. The molecule has 0 aromatic heterocycles. The number of aryl methyl sites for hydroxylation is 1. The molecule has 0 aliphatic heterocycles. The average Bonchev–Trinajstić information content (AvgIpc) is 2.43. The average molecular weight is 278 g/mol. The number of rotatable bonds is 1. The van der Waals surface area contributed by atoms with Crippen molar-refractivity contribution in [1.29, 1.82) is 0 Å². The summed E-state index contributed by atoms with van der Waals surface area (Å²) in [5, 5.41) is 48.6. The molecule has 1 aromatic rings. The highest BCUT2D eigenvalue weighted by Crippen LogP contribution is 2.45. The van der Waals surface area contributed by atoms with Crippen molar-refractivity contribution in [2.24, 2.45) is 0 Å². The minimum absolute atomic E-state index is 0.142. The second-order valence-corrected chi connectivity index (χ2v) is 4.74. The van der Waals surface area contributed by atoms with Crippen molar-refractivity contribution >= 4 is 11.7 Å². The Morgan fingerprint density at radius 1 is 1.15 bits per heavy atom. The Morgan fingerprint density at radius 3 is 2.30 bits per heavy atom. The summed E-state index contributed by atoms with van der Waals surface area (Å²) in [4.78, 5) is 11.5. The second-order valence-electron chi connectivity index (χ2n) is 4.74. The molecule has 0 saturated heterocycles. The van der Waals surface area contributed by atoms with Crippen molar-refractivity contribution in [3.63, 3.8) is 0 Å². The van der Waals surface area contributed by atoms with Crippen LogP contribution in [0, 0.1) is 6.92 Å². The topological polar surface area (TPSA) is 118 Å². The van der Waals surface area contributed by atoms with Crippen LogP contribution in [0.25, 0.3) is 5.76 Å². The zero-order valence-corrected chi connectivity index (χ0v) is 10.9. The third-order valence-electron chi connectivity index (χ3n) is 3.36. The van der Waals surface area contributed by atoms with Gasteiger partial charge in [0.25, 0.3) is 0 Å². The van der Waals surface area contributed by atoms with E-state index in [-0.39, 0.29) is 11.1 Å². The van der Waals surface area contributed by atoms with Crippen molar-refractivity contribution in [3.8, 4) is 11.5 Å². The summed E-state index contributed by atoms with van der Waals surface area (Å²) in [6.07, 6.45) is 1.13. The highest BCUT2D eigenvalue weighted by atomic mass is 16.4. The summed E-state index contributed by atoms with van der Waals surface area (Å²) in [5.41, 5.74) is 0.564. The van der Waals surface area contributed by atoms with Crippen molar-refractivity contribution in [2.75, 3.05) is 0 Å². The molecule has 0 saturated carbocycles. The van der Waals surface area contributed by atoms with Gasteiger partial charge in [-0.3, -0.25) is 4.79 Å². The fourth-order valence-corrected chi connectivity index (χ4v) is 2.46. The number of aliphatic hydroxyl groups is 2. The zero-order valence-electron chi connectivity index (χ0n) is 10.9. The first kappa shape index (κ1) is 13.8. The molecule has 6 nitrogen and oxygen atoms in total. The van der Waals surface area contributed by atoms with Crippen LogP contribution in [0.3, 0.4) is 0 Å². The molecule has 1 aliphatic rings. The maximum absolute atomic E-state index is 11.5. The van der Waals surface area contributed by atoms with Gasteiger partial charge in [-0.25, -0.2) is 0 Å². The Morgan fingerprint density at radius 2 is 1.75 bits per heavy atom. The van der Waals surface area contributed by atoms with Gasteiger partial charge < -0.3 is 25.5 Å². The fourth-order valence-electron chi connectivity index (χ4n) is 2.46. The monoisotopic (exact) mass is 278 g/mol. The predicted octanol–water partition coefficient (Wildman–Crippen LogP) is 2.32. The van der Waals surface area contributed by atoms with Gasteiger partial charge in [0.15, 0.2) is 23.0 Å². The van der Waals surface area contributed by atoms with E-state index in [0.29, 0.717) is 11.1 Å². The first-order chi connectivity index (χ1) is 9.25. The van der Waals surface area contributed by atoms with Crippen LogP contribution < -0.4 is 0 Å². The molecular formula is C14H14O6. The summed E-state index contributed by atoms with van der Waals surface area (Å²) in [6, 6.07) is 1.22. The van der Waals surface area contributed by atoms with Crippen LogP contribution in [-0.4, -0.2) is 31.5 Å². The lowest BCUT2D eigenvalue weighted by Gasteiger charge is -2.19. The molecule has 0 amide bonds. The molecule has 1 aromatic carbocycles. The Balaban J connectivity index is 2.95. The summed E-state index contributed by atoms with van der Waals surface area (Å²) in [7, 11) is 0. The van der Waals surface area contributed by atoms with Crippen LogP contribution in [0.1, 0.15) is 29.5 Å². The number of carboxylic acids is 1. The number of phenolic OH excluding ortho intramolecular Hbond substituents is 2. The van der Waals surface area contributed by atoms with Crippen LogP contribution in [0.2, 0.25) is 0 Å². The summed E-state index contributed by atoms with van der Waals surface area (Å²) < 4.78 is 0. The van der Waals surface area contributed by atoms with Crippen molar-refractivity contribution in [1.82, 2.24) is 0 Å². The second kappa shape index (κ2) is 4.48. The predicted molar refractivity (Wildman–Crippen MR) is 70.8 cm³/mol. The summed E-state index contributed by atoms with van der Waals surface area (Å²) in [6.45, 7) is 3.05. The summed E-state index contributed by atoms with van der Waals surface area (Å²) in [5.74, 6) is -4.71. The van der Waals surface area contributed by atoms with E-state index in [1.54, 1.807) is 6.92 Å². The number of aliphatic carboxylic acids is 1. The van der Waals surface area contributed by atoms with Gasteiger partial charge in [0.1, 0.15) is 5.92 Å². The highest BCUT2D eigenvalue weighted by molar-refractivity contribution is 5.87. The third-order valence-corrected chi connectivity index (χ3v) is 3.36. The Hall–Kier alpha value is -2.63. The SMILES string of the molecule is CC1=CC(O)=C(O)c2c(O)c(O)cc(C)c2C1C(=O)O. The fraction of sp³-hybridized carbons (Fsp3) is 0.214. The van der Waals surface area contributed by atoms with Crippen LogP contribution in [0.15, 0.2) is 23.5 Å². The Labute approximate surface area is 114 Å². The van der Waals surface area contributed by atoms with Gasteiger partial charge in [0.05, 0.1) is 5.56 Å². The van der Waals surface area contributed by atoms with E-state index in [1.165, 1.54) is 13.0 Å². The molecule has 5 N–H and O–H groups in total. The molecule has 20 heavy (non-hydrogen) atoms. The zero-order chi connectivity index (χ0) is 15.2. The summed E-state index contributed by atoms with van der Waals surface area (Å²) >= 11 is 0. The van der Waals surface area contributed by atoms with E-state index in [9.17, 15) is 30.3 Å². The number of fused-ring (bicyclic) bond motifs is 1. The molecule has 0 radical (unpaired) electrons. The van der Waals surface area contributed by atoms with Gasteiger partial charge >= 0.3 is 5.97 Å². The third kappa shape index (κ3) is 1.85. The number of hydrogen-bond donors (Lipinski definition) is 5. The van der Waals surface area contributed by atoms with Gasteiger partial charge in [0.2, 0.25) is 0 Å². The Kier molecular flexibility index (Phi) is 3.09. The van der Waals surface area contributed by atoms with E-state index in [4.69, 9.17) is 0 Å². The lowest BCUT2D eigenvalue weighted by atomic mass is 9.85.